The van der Waals surface area contributed by atoms with Crippen molar-refractivity contribution in [3.05, 3.63) is 186 Å². The summed E-state index contributed by atoms with van der Waals surface area (Å²) in [5, 5.41) is 0. The molecule has 2 nitrogen and oxygen atoms in total. The number of hydrogen-bond acceptors (Lipinski definition) is 1. The van der Waals surface area contributed by atoms with Crippen LogP contribution in [0.1, 0.15) is 48.8 Å². The van der Waals surface area contributed by atoms with Gasteiger partial charge >= 0.3 is 0 Å². The summed E-state index contributed by atoms with van der Waals surface area (Å²) >= 11 is 0. The molecule has 0 amide bonds. The standard InChI is InChI=1S/C34H28N2.C5H8/c1-4-13-25(22-24(2)3)26-20-21-31-29(23-26)34(27-14-7-5-8-15-27,28-16-9-6-10-17-28)33-35-30-18-11-12-19-32(30)36(31)33;1-3-5-4-2/h4-23H,1H2,2-3H3;3-5H,1H2,2H3/b25-13+;5-4-. The molecule has 0 radical (unpaired) electrons. The van der Waals surface area contributed by atoms with Crippen molar-refractivity contribution in [3.63, 3.8) is 0 Å². The third-order valence-electron chi connectivity index (χ3n) is 7.35. The van der Waals surface area contributed by atoms with Crippen LogP contribution in [-0.4, -0.2) is 9.55 Å². The Morgan fingerprint density at radius 1 is 0.780 bits per heavy atom. The zero-order valence-electron chi connectivity index (χ0n) is 24.1. The lowest BCUT2D eigenvalue weighted by atomic mass is 9.69. The van der Waals surface area contributed by atoms with Crippen molar-refractivity contribution in [2.45, 2.75) is 26.2 Å². The molecule has 0 spiro atoms. The summed E-state index contributed by atoms with van der Waals surface area (Å²) in [6.45, 7) is 13.7. The molecular weight excluding hydrogens is 496 g/mol. The molecule has 0 aliphatic carbocycles. The Morgan fingerprint density at radius 2 is 1.41 bits per heavy atom. The van der Waals surface area contributed by atoms with Crippen molar-refractivity contribution in [1.29, 1.82) is 0 Å². The van der Waals surface area contributed by atoms with Gasteiger partial charge in [0.15, 0.2) is 0 Å². The predicted octanol–water partition coefficient (Wildman–Crippen LogP) is 10.0. The van der Waals surface area contributed by atoms with E-state index in [9.17, 15) is 0 Å². The highest BCUT2D eigenvalue weighted by Gasteiger charge is 2.49. The average molecular weight is 533 g/mol. The largest absolute Gasteiger partial charge is 0.295 e. The molecule has 202 valence electrons. The lowest BCUT2D eigenvalue weighted by Crippen LogP contribution is -2.29. The van der Waals surface area contributed by atoms with Crippen LogP contribution in [-0.2, 0) is 5.41 Å². The Kier molecular flexibility index (Phi) is 8.12. The zero-order chi connectivity index (χ0) is 28.8. The fourth-order valence-corrected chi connectivity index (χ4v) is 5.77. The second kappa shape index (κ2) is 12.1. The van der Waals surface area contributed by atoms with E-state index in [2.05, 4.69) is 147 Å². The van der Waals surface area contributed by atoms with Gasteiger partial charge in [0.25, 0.3) is 0 Å². The fourth-order valence-electron chi connectivity index (χ4n) is 5.77. The molecule has 0 N–H and O–H groups in total. The number of allylic oxidation sites excluding steroid dienone is 8. The Morgan fingerprint density at radius 3 is 1.98 bits per heavy atom. The fraction of sp³-hybridized carbons (Fsp3) is 0.103. The van der Waals surface area contributed by atoms with Gasteiger partial charge in [-0.15, -0.1) is 0 Å². The van der Waals surface area contributed by atoms with Gasteiger partial charge < -0.3 is 0 Å². The van der Waals surface area contributed by atoms with Crippen LogP contribution in [0, 0.1) is 0 Å². The van der Waals surface area contributed by atoms with Gasteiger partial charge in [0, 0.05) is 0 Å². The van der Waals surface area contributed by atoms with Gasteiger partial charge in [0.1, 0.15) is 11.2 Å². The van der Waals surface area contributed by atoms with Crippen LogP contribution in [0.3, 0.4) is 0 Å². The van der Waals surface area contributed by atoms with E-state index < -0.39 is 5.41 Å². The molecule has 0 saturated carbocycles. The maximum Gasteiger partial charge on any atom is 0.134 e. The topological polar surface area (TPSA) is 17.8 Å². The number of imidazole rings is 1. The Hall–Kier alpha value is -4.95. The molecule has 2 heterocycles. The van der Waals surface area contributed by atoms with Crippen LogP contribution in [0.5, 0.6) is 0 Å². The Bertz CT molecular complexity index is 1740. The van der Waals surface area contributed by atoms with Gasteiger partial charge in [0.05, 0.1) is 16.7 Å². The molecule has 1 aliphatic heterocycles. The summed E-state index contributed by atoms with van der Waals surface area (Å²) in [4.78, 5) is 5.29. The van der Waals surface area contributed by atoms with Gasteiger partial charge in [-0.3, -0.25) is 4.57 Å². The maximum atomic E-state index is 5.29. The van der Waals surface area contributed by atoms with E-state index >= 15 is 0 Å². The number of aromatic nitrogens is 2. The van der Waals surface area contributed by atoms with Crippen LogP contribution < -0.4 is 0 Å². The first-order valence-corrected chi connectivity index (χ1v) is 14.0. The van der Waals surface area contributed by atoms with Gasteiger partial charge in [0.2, 0.25) is 0 Å². The van der Waals surface area contributed by atoms with Crippen molar-refractivity contribution in [3.8, 4) is 5.69 Å². The summed E-state index contributed by atoms with van der Waals surface area (Å²) in [5.74, 6) is 1.03. The molecule has 0 bridgehead atoms. The second-order valence-corrected chi connectivity index (χ2v) is 10.3. The number of benzene rings is 4. The smallest absolute Gasteiger partial charge is 0.134 e. The first-order valence-electron chi connectivity index (χ1n) is 14.0. The average Bonchev–Trinajstić information content (AvgIpc) is 3.51. The van der Waals surface area contributed by atoms with Gasteiger partial charge in [-0.1, -0.05) is 134 Å². The van der Waals surface area contributed by atoms with Crippen LogP contribution in [0.25, 0.3) is 22.3 Å². The lowest BCUT2D eigenvalue weighted by Gasteiger charge is -2.31. The molecule has 0 unspecified atom stereocenters. The monoisotopic (exact) mass is 532 g/mol. The van der Waals surface area contributed by atoms with Crippen molar-refractivity contribution >= 4 is 16.6 Å². The van der Waals surface area contributed by atoms with E-state index in [1.807, 2.05) is 25.2 Å². The number of nitrogens with zero attached hydrogens (tertiary/aromatic N) is 2. The third-order valence-corrected chi connectivity index (χ3v) is 7.35. The van der Waals surface area contributed by atoms with E-state index in [-0.39, 0.29) is 0 Å². The molecule has 0 fully saturated rings. The van der Waals surface area contributed by atoms with Crippen molar-refractivity contribution in [1.82, 2.24) is 9.55 Å². The molecule has 6 rings (SSSR count). The molecule has 41 heavy (non-hydrogen) atoms. The van der Waals surface area contributed by atoms with E-state index in [0.717, 1.165) is 22.4 Å². The van der Waals surface area contributed by atoms with E-state index in [0.29, 0.717) is 0 Å². The normalized spacial score (nSPS) is 13.2. The number of para-hydroxylation sites is 2. The number of fused-ring (bicyclic) bond motifs is 5. The first kappa shape index (κ1) is 27.6. The lowest BCUT2D eigenvalue weighted by molar-refractivity contribution is 0.717. The van der Waals surface area contributed by atoms with Crippen molar-refractivity contribution < 1.29 is 0 Å². The zero-order valence-corrected chi connectivity index (χ0v) is 24.1. The summed E-state index contributed by atoms with van der Waals surface area (Å²) in [6, 6.07) is 36.9. The molecular formula is C39H36N2. The Labute approximate surface area is 244 Å². The van der Waals surface area contributed by atoms with Crippen LogP contribution in [0.4, 0.5) is 0 Å². The second-order valence-electron chi connectivity index (χ2n) is 10.3. The van der Waals surface area contributed by atoms with Gasteiger partial charge in [-0.2, -0.15) is 0 Å². The minimum absolute atomic E-state index is 0.544. The molecule has 0 saturated heterocycles. The molecule has 1 aromatic heterocycles. The van der Waals surface area contributed by atoms with E-state index in [1.165, 1.54) is 33.5 Å². The highest BCUT2D eigenvalue weighted by Crippen LogP contribution is 2.53. The summed E-state index contributed by atoms with van der Waals surface area (Å²) in [7, 11) is 0. The van der Waals surface area contributed by atoms with E-state index in [4.69, 9.17) is 4.98 Å². The maximum absolute atomic E-state index is 5.29. The number of rotatable bonds is 6. The van der Waals surface area contributed by atoms with Crippen LogP contribution >= 0.6 is 0 Å². The molecule has 5 aromatic rings. The van der Waals surface area contributed by atoms with E-state index in [1.54, 1.807) is 6.08 Å². The Balaban J connectivity index is 0.000000623. The minimum atomic E-state index is -0.544. The molecule has 0 atom stereocenters. The highest BCUT2D eigenvalue weighted by atomic mass is 15.1. The van der Waals surface area contributed by atoms with Crippen LogP contribution in [0.15, 0.2) is 158 Å². The number of hydrogen-bond donors (Lipinski definition) is 0. The highest BCUT2D eigenvalue weighted by molar-refractivity contribution is 5.85. The predicted molar refractivity (Wildman–Crippen MR) is 176 cm³/mol. The van der Waals surface area contributed by atoms with Gasteiger partial charge in [-0.05, 0) is 72.9 Å². The summed E-state index contributed by atoms with van der Waals surface area (Å²) < 4.78 is 2.35. The first-order chi connectivity index (χ1) is 20.1. The molecule has 1 aliphatic rings. The summed E-state index contributed by atoms with van der Waals surface area (Å²) in [6.07, 6.45) is 11.7. The van der Waals surface area contributed by atoms with Crippen molar-refractivity contribution in [2.24, 2.45) is 0 Å². The molecule has 4 aromatic carbocycles. The van der Waals surface area contributed by atoms with Crippen LogP contribution in [0.2, 0.25) is 0 Å². The van der Waals surface area contributed by atoms with Gasteiger partial charge in [-0.25, -0.2) is 4.98 Å². The summed E-state index contributed by atoms with van der Waals surface area (Å²) in [5.41, 5.74) is 9.99. The SMILES string of the molecule is C=C/C=C(\C=C(C)C)c1ccc2c(c1)C(c1ccccc1)(c1ccccc1)c1nc3ccccc3n1-2.C=C/C=C\C. The minimum Gasteiger partial charge on any atom is -0.295 e. The molecule has 2 heteroatoms. The third kappa shape index (κ3) is 4.94. The quantitative estimate of drug-likeness (QED) is 0.195. The van der Waals surface area contributed by atoms with Crippen molar-refractivity contribution in [2.75, 3.05) is 0 Å².